The summed E-state index contributed by atoms with van der Waals surface area (Å²) < 4.78 is 32.4. The van der Waals surface area contributed by atoms with Crippen molar-refractivity contribution in [1.82, 2.24) is 0 Å². The first-order valence-electron chi connectivity index (χ1n) is 8.97. The molecule has 2 aromatic rings. The summed E-state index contributed by atoms with van der Waals surface area (Å²) in [6, 6.07) is 8.78. The molecule has 144 valence electrons. The fourth-order valence-corrected chi connectivity index (χ4v) is 5.75. The molecule has 2 aromatic carbocycles. The zero-order valence-electron chi connectivity index (χ0n) is 16.2. The van der Waals surface area contributed by atoms with Crippen molar-refractivity contribution in [3.05, 3.63) is 70.4 Å². The first-order valence-corrected chi connectivity index (χ1v) is 10.5. The lowest BCUT2D eigenvalue weighted by molar-refractivity contribution is -0.113. The maximum Gasteiger partial charge on any atom is 0.207 e. The number of allylic oxidation sites excluding steroid dienone is 1. The van der Waals surface area contributed by atoms with Gasteiger partial charge in [-0.1, -0.05) is 12.1 Å². The minimum atomic E-state index is -3.93. The van der Waals surface area contributed by atoms with E-state index in [1.54, 1.807) is 49.3 Å². The van der Waals surface area contributed by atoms with Gasteiger partial charge >= 0.3 is 0 Å². The normalized spacial score (nSPS) is 18.0. The number of sulfone groups is 1. The standard InChI is InChI=1S/C22H21NO4S/c1-13-5-10-21(15(3)14(13)2)28(25,26)22-20(24)12-17-7-6-16-11-18(27-4)8-9-19(16)23(17)22/h5-12,22H,1-4H3. The zero-order chi connectivity index (χ0) is 20.2. The second-order valence-corrected chi connectivity index (χ2v) is 9.10. The number of anilines is 1. The summed E-state index contributed by atoms with van der Waals surface area (Å²) in [5.74, 6) is 0.242. The van der Waals surface area contributed by atoms with Gasteiger partial charge in [-0.05, 0) is 67.8 Å². The van der Waals surface area contributed by atoms with Crippen LogP contribution in [0.4, 0.5) is 5.69 Å². The lowest BCUT2D eigenvalue weighted by Crippen LogP contribution is -2.42. The molecular formula is C22H21NO4S. The van der Waals surface area contributed by atoms with Crippen LogP contribution in [0.1, 0.15) is 22.3 Å². The molecule has 28 heavy (non-hydrogen) atoms. The van der Waals surface area contributed by atoms with Crippen molar-refractivity contribution in [1.29, 1.82) is 0 Å². The van der Waals surface area contributed by atoms with Crippen molar-refractivity contribution in [3.63, 3.8) is 0 Å². The van der Waals surface area contributed by atoms with Gasteiger partial charge in [-0.15, -0.1) is 0 Å². The molecule has 0 aromatic heterocycles. The van der Waals surface area contributed by atoms with Crippen LogP contribution in [0.2, 0.25) is 0 Å². The minimum Gasteiger partial charge on any atom is -0.497 e. The number of rotatable bonds is 3. The smallest absolute Gasteiger partial charge is 0.207 e. The van der Waals surface area contributed by atoms with Crippen molar-refractivity contribution in [2.45, 2.75) is 31.0 Å². The van der Waals surface area contributed by atoms with E-state index in [1.165, 1.54) is 6.08 Å². The Bertz CT molecular complexity index is 1180. The van der Waals surface area contributed by atoms with Gasteiger partial charge in [0.15, 0.2) is 5.78 Å². The van der Waals surface area contributed by atoms with Crippen molar-refractivity contribution in [2.75, 3.05) is 12.0 Å². The van der Waals surface area contributed by atoms with Crippen molar-refractivity contribution in [2.24, 2.45) is 0 Å². The van der Waals surface area contributed by atoms with Gasteiger partial charge in [0, 0.05) is 17.3 Å². The maximum absolute atomic E-state index is 13.6. The number of carbonyl (C=O) groups is 1. The molecule has 1 atom stereocenters. The van der Waals surface area contributed by atoms with Crippen LogP contribution in [-0.4, -0.2) is 26.7 Å². The second-order valence-electron chi connectivity index (χ2n) is 7.13. The van der Waals surface area contributed by atoms with Crippen molar-refractivity contribution in [3.8, 4) is 5.75 Å². The summed E-state index contributed by atoms with van der Waals surface area (Å²) in [4.78, 5) is 14.6. The Morgan fingerprint density at radius 2 is 1.75 bits per heavy atom. The summed E-state index contributed by atoms with van der Waals surface area (Å²) in [6.45, 7) is 5.63. The Kier molecular flexibility index (Phi) is 4.19. The van der Waals surface area contributed by atoms with Crippen LogP contribution in [0.5, 0.6) is 5.75 Å². The van der Waals surface area contributed by atoms with E-state index in [0.29, 0.717) is 22.7 Å². The number of benzene rings is 2. The minimum absolute atomic E-state index is 0.202. The number of aryl methyl sites for hydroxylation is 1. The molecule has 4 rings (SSSR count). The van der Waals surface area contributed by atoms with Gasteiger partial charge in [-0.25, -0.2) is 8.42 Å². The molecule has 0 N–H and O–H groups in total. The molecule has 0 saturated heterocycles. The molecule has 0 radical (unpaired) electrons. The van der Waals surface area contributed by atoms with Crippen LogP contribution in [0.3, 0.4) is 0 Å². The second kappa shape index (κ2) is 6.34. The van der Waals surface area contributed by atoms with E-state index < -0.39 is 21.0 Å². The van der Waals surface area contributed by atoms with E-state index >= 15 is 0 Å². The molecule has 2 aliphatic heterocycles. The van der Waals surface area contributed by atoms with Crippen LogP contribution < -0.4 is 9.64 Å². The fourth-order valence-electron chi connectivity index (χ4n) is 3.78. The molecule has 0 aliphatic carbocycles. The Morgan fingerprint density at radius 1 is 1.00 bits per heavy atom. The molecule has 1 unspecified atom stereocenters. The summed E-state index contributed by atoms with van der Waals surface area (Å²) >= 11 is 0. The van der Waals surface area contributed by atoms with Crippen molar-refractivity contribution >= 4 is 27.4 Å². The summed E-state index contributed by atoms with van der Waals surface area (Å²) in [5, 5.41) is -1.31. The third kappa shape index (κ3) is 2.59. The van der Waals surface area contributed by atoms with Gasteiger partial charge in [0.05, 0.1) is 17.7 Å². The quantitative estimate of drug-likeness (QED) is 0.793. The van der Waals surface area contributed by atoms with Crippen LogP contribution >= 0.6 is 0 Å². The zero-order valence-corrected chi connectivity index (χ0v) is 17.0. The van der Waals surface area contributed by atoms with Crippen LogP contribution in [0, 0.1) is 20.8 Å². The Morgan fingerprint density at radius 3 is 2.46 bits per heavy atom. The Labute approximate surface area is 164 Å². The van der Waals surface area contributed by atoms with Crippen LogP contribution in [0.25, 0.3) is 6.08 Å². The molecule has 0 spiro atoms. The number of carbonyl (C=O) groups excluding carboxylic acids is 1. The SMILES string of the molecule is COc1ccc2c(c1)C=CC1=CC(=O)C(S(=O)(=O)c3ccc(C)c(C)c3C)N12. The third-order valence-corrected chi connectivity index (χ3v) is 7.67. The molecule has 0 saturated carbocycles. The number of methoxy groups -OCH3 is 1. The monoisotopic (exact) mass is 395 g/mol. The van der Waals surface area contributed by atoms with Gasteiger partial charge in [-0.3, -0.25) is 4.79 Å². The Hall–Kier alpha value is -2.86. The number of ketones is 1. The molecule has 5 nitrogen and oxygen atoms in total. The average molecular weight is 395 g/mol. The Balaban J connectivity index is 1.87. The molecular weight excluding hydrogens is 374 g/mol. The summed E-state index contributed by atoms with van der Waals surface area (Å²) in [5.41, 5.74) is 4.69. The largest absolute Gasteiger partial charge is 0.497 e. The van der Waals surface area contributed by atoms with E-state index in [9.17, 15) is 13.2 Å². The first kappa shape index (κ1) is 18.5. The number of fused-ring (bicyclic) bond motifs is 3. The first-order chi connectivity index (χ1) is 13.3. The highest BCUT2D eigenvalue weighted by Crippen LogP contribution is 2.41. The van der Waals surface area contributed by atoms with Crippen LogP contribution in [-0.2, 0) is 14.6 Å². The highest BCUT2D eigenvalue weighted by atomic mass is 32.2. The third-order valence-electron chi connectivity index (χ3n) is 5.58. The van der Waals surface area contributed by atoms with Gasteiger partial charge in [-0.2, -0.15) is 0 Å². The van der Waals surface area contributed by atoms with Gasteiger partial charge in [0.1, 0.15) is 5.75 Å². The fraction of sp³-hybridized carbons (Fsp3) is 0.227. The predicted octanol–water partition coefficient (Wildman–Crippen LogP) is 3.72. The highest BCUT2D eigenvalue weighted by molar-refractivity contribution is 7.93. The topological polar surface area (TPSA) is 63.7 Å². The van der Waals surface area contributed by atoms with Gasteiger partial charge < -0.3 is 9.64 Å². The van der Waals surface area contributed by atoms with E-state index in [4.69, 9.17) is 4.74 Å². The van der Waals surface area contributed by atoms with Gasteiger partial charge in [0.25, 0.3) is 0 Å². The molecule has 0 bridgehead atoms. The predicted molar refractivity (Wildman–Crippen MR) is 109 cm³/mol. The number of hydrogen-bond acceptors (Lipinski definition) is 5. The lowest BCUT2D eigenvalue weighted by atomic mass is 10.1. The summed E-state index contributed by atoms with van der Waals surface area (Å²) in [6.07, 6.45) is 5.04. The van der Waals surface area contributed by atoms with E-state index in [-0.39, 0.29) is 4.90 Å². The van der Waals surface area contributed by atoms with Crippen LogP contribution in [0.15, 0.2) is 53.1 Å². The van der Waals surface area contributed by atoms with E-state index in [0.717, 1.165) is 16.7 Å². The molecule has 6 heteroatoms. The maximum atomic E-state index is 13.6. The lowest BCUT2D eigenvalue weighted by Gasteiger charge is -2.31. The van der Waals surface area contributed by atoms with Crippen molar-refractivity contribution < 1.29 is 17.9 Å². The number of nitrogens with zero attached hydrogens (tertiary/aromatic N) is 1. The van der Waals surface area contributed by atoms with E-state index in [1.807, 2.05) is 26.0 Å². The highest BCUT2D eigenvalue weighted by Gasteiger charge is 2.45. The molecule has 0 fully saturated rings. The number of ether oxygens (including phenoxy) is 1. The van der Waals surface area contributed by atoms with E-state index in [2.05, 4.69) is 0 Å². The molecule has 2 heterocycles. The molecule has 2 aliphatic rings. The molecule has 0 amide bonds. The van der Waals surface area contributed by atoms with Gasteiger partial charge in [0.2, 0.25) is 15.2 Å². The average Bonchev–Trinajstić information content (AvgIpc) is 3.02. The number of hydrogen-bond donors (Lipinski definition) is 0. The summed E-state index contributed by atoms with van der Waals surface area (Å²) in [7, 11) is -2.35.